The zero-order valence-electron chi connectivity index (χ0n) is 17.3. The van der Waals surface area contributed by atoms with E-state index in [1.807, 2.05) is 12.2 Å². The molecule has 0 radical (unpaired) electrons. The summed E-state index contributed by atoms with van der Waals surface area (Å²) < 4.78 is 28.3. The van der Waals surface area contributed by atoms with Gasteiger partial charge in [-0.05, 0) is 36.8 Å². The molecule has 0 saturated heterocycles. The number of primary amides is 1. The molecule has 10 heteroatoms. The summed E-state index contributed by atoms with van der Waals surface area (Å²) in [6.07, 6.45) is 16.7. The van der Waals surface area contributed by atoms with Gasteiger partial charge in [-0.15, -0.1) is 23.1 Å². The molecule has 2 aromatic rings. The van der Waals surface area contributed by atoms with Crippen molar-refractivity contribution in [3.05, 3.63) is 71.3 Å². The van der Waals surface area contributed by atoms with Gasteiger partial charge in [0.25, 0.3) is 5.91 Å². The molecule has 9 nitrogen and oxygen atoms in total. The third kappa shape index (κ3) is 4.01. The smallest absolute Gasteiger partial charge is 0.269 e. The Balaban J connectivity index is 1.62. The van der Waals surface area contributed by atoms with Gasteiger partial charge in [-0.25, -0.2) is 13.1 Å². The van der Waals surface area contributed by atoms with Gasteiger partial charge in [0, 0.05) is 17.3 Å². The van der Waals surface area contributed by atoms with E-state index < -0.39 is 15.9 Å². The normalized spacial score (nSPS) is 15.0. The monoisotopic (exact) mass is 458 g/mol. The summed E-state index contributed by atoms with van der Waals surface area (Å²) in [7, 11) is -3.83. The van der Waals surface area contributed by atoms with Crippen LogP contribution in [0.15, 0.2) is 80.8 Å². The maximum atomic E-state index is 12.8. The lowest BCUT2D eigenvalue weighted by Gasteiger charge is -2.17. The molecule has 4 rings (SSSR count). The van der Waals surface area contributed by atoms with Crippen LogP contribution in [0.3, 0.4) is 0 Å². The molecule has 2 N–H and O–H groups in total. The van der Waals surface area contributed by atoms with E-state index in [0.717, 1.165) is 4.31 Å². The molecule has 1 aliphatic heterocycles. The summed E-state index contributed by atoms with van der Waals surface area (Å²) in [6, 6.07) is 7.97. The second kappa shape index (κ2) is 8.71. The van der Waals surface area contributed by atoms with Crippen molar-refractivity contribution >= 4 is 21.5 Å². The minimum absolute atomic E-state index is 0.0688. The van der Waals surface area contributed by atoms with Crippen molar-refractivity contribution in [3.63, 3.8) is 0 Å². The number of rotatable bonds is 7. The summed E-state index contributed by atoms with van der Waals surface area (Å²) >= 11 is 0. The fourth-order valence-electron chi connectivity index (χ4n) is 3.49. The number of sulfonamides is 1. The van der Waals surface area contributed by atoms with Gasteiger partial charge in [0.2, 0.25) is 10.0 Å². The van der Waals surface area contributed by atoms with Gasteiger partial charge >= 0.3 is 0 Å². The quantitative estimate of drug-likeness (QED) is 0.638. The largest absolute Gasteiger partial charge is 0.364 e. The molecule has 2 aliphatic rings. The Bertz CT molecular complexity index is 1430. The van der Waals surface area contributed by atoms with Gasteiger partial charge in [-0.3, -0.25) is 4.79 Å². The summed E-state index contributed by atoms with van der Waals surface area (Å²) in [4.78, 5) is 11.8. The predicted octanol–water partition coefficient (Wildman–Crippen LogP) is 2.01. The number of hydrogen-bond donors (Lipinski definition) is 1. The van der Waals surface area contributed by atoms with Gasteiger partial charge in [-0.1, -0.05) is 24.0 Å². The van der Waals surface area contributed by atoms with Crippen LogP contribution in [-0.4, -0.2) is 41.5 Å². The molecule has 1 amide bonds. The summed E-state index contributed by atoms with van der Waals surface area (Å²) in [5, 5.41) is 12.5. The Morgan fingerprint density at radius 3 is 2.42 bits per heavy atom. The topological polar surface area (TPSA) is 123 Å². The summed E-state index contributed by atoms with van der Waals surface area (Å²) in [5.74, 6) is 3.95. The van der Waals surface area contributed by atoms with Crippen LogP contribution in [0.5, 0.6) is 0 Å². The van der Waals surface area contributed by atoms with E-state index in [4.69, 9.17) is 18.6 Å². The zero-order valence-corrected chi connectivity index (χ0v) is 18.2. The SMILES string of the molecule is C#CCN(CC#C)S(=O)(=O)c1ccc(-n2ccc(C3=CCC=C4N=NC(C(N)=O)=C43)n2)cc1. The molecular weight excluding hydrogens is 440 g/mol. The zero-order chi connectivity index (χ0) is 23.6. The molecule has 0 unspecified atom stereocenters. The van der Waals surface area contributed by atoms with Crippen molar-refractivity contribution in [1.29, 1.82) is 0 Å². The van der Waals surface area contributed by atoms with Crippen LogP contribution >= 0.6 is 0 Å². The molecule has 0 saturated carbocycles. The third-order valence-electron chi connectivity index (χ3n) is 5.03. The molecule has 0 atom stereocenters. The van der Waals surface area contributed by atoms with E-state index >= 15 is 0 Å². The number of amides is 1. The molecule has 2 heterocycles. The highest BCUT2D eigenvalue weighted by Crippen LogP contribution is 2.39. The van der Waals surface area contributed by atoms with Crippen LogP contribution < -0.4 is 5.73 Å². The maximum Gasteiger partial charge on any atom is 0.269 e. The van der Waals surface area contributed by atoms with Crippen LogP contribution in [0.25, 0.3) is 11.3 Å². The molecule has 0 bridgehead atoms. The van der Waals surface area contributed by atoms with Crippen molar-refractivity contribution in [2.75, 3.05) is 13.1 Å². The molecule has 1 aliphatic carbocycles. The number of fused-ring (bicyclic) bond motifs is 1. The van der Waals surface area contributed by atoms with Gasteiger partial charge in [0.1, 0.15) is 0 Å². The number of aromatic nitrogens is 2. The molecule has 33 heavy (non-hydrogen) atoms. The molecular formula is C23H18N6O3S. The lowest BCUT2D eigenvalue weighted by molar-refractivity contribution is -0.114. The lowest BCUT2D eigenvalue weighted by atomic mass is 9.93. The highest BCUT2D eigenvalue weighted by molar-refractivity contribution is 7.89. The summed E-state index contributed by atoms with van der Waals surface area (Å²) in [6.45, 7) is -0.242. The van der Waals surface area contributed by atoms with E-state index in [-0.39, 0.29) is 23.7 Å². The Labute approximate surface area is 191 Å². The first-order chi connectivity index (χ1) is 15.9. The number of hydrogen-bond acceptors (Lipinski definition) is 6. The fourth-order valence-corrected chi connectivity index (χ4v) is 4.76. The van der Waals surface area contributed by atoms with E-state index in [1.54, 1.807) is 29.1 Å². The number of carbonyl (C=O) groups excluding carboxylic acids is 1. The van der Waals surface area contributed by atoms with E-state index in [9.17, 15) is 13.2 Å². The average Bonchev–Trinajstić information content (AvgIpc) is 3.46. The standard InChI is InChI=1S/C23H18N6O3S/c1-3-13-28(14-4-2)33(31,32)17-10-8-16(9-11-17)29-15-12-19(27-29)18-6-5-7-20-21(18)22(23(24)30)26-25-20/h1-2,6-12,15H,5,13-14H2,(H2,24,30). The molecule has 1 aromatic carbocycles. The van der Waals surface area contributed by atoms with Crippen molar-refractivity contribution < 1.29 is 13.2 Å². The number of benzene rings is 1. The Morgan fingerprint density at radius 1 is 1.09 bits per heavy atom. The van der Waals surface area contributed by atoms with E-state index in [2.05, 4.69) is 27.2 Å². The second-order valence-corrected chi connectivity index (χ2v) is 8.99. The number of terminal acetylenes is 2. The summed E-state index contributed by atoms with van der Waals surface area (Å²) in [5.41, 5.74) is 8.64. The minimum Gasteiger partial charge on any atom is -0.364 e. The van der Waals surface area contributed by atoms with Crippen LogP contribution in [0, 0.1) is 24.7 Å². The molecule has 164 valence electrons. The number of nitrogens with zero attached hydrogens (tertiary/aromatic N) is 5. The third-order valence-corrected chi connectivity index (χ3v) is 6.83. The molecule has 0 fully saturated rings. The first-order valence-corrected chi connectivity index (χ1v) is 11.2. The van der Waals surface area contributed by atoms with E-state index in [0.29, 0.717) is 34.6 Å². The van der Waals surface area contributed by atoms with E-state index in [1.165, 1.54) is 12.1 Å². The van der Waals surface area contributed by atoms with Crippen molar-refractivity contribution in [3.8, 4) is 30.4 Å². The number of carbonyl (C=O) groups is 1. The minimum atomic E-state index is -3.83. The molecule has 0 spiro atoms. The fraction of sp³-hybridized carbons (Fsp3) is 0.130. The lowest BCUT2D eigenvalue weighted by Crippen LogP contribution is -2.31. The Kier molecular flexibility index (Phi) is 5.80. The average molecular weight is 459 g/mol. The first-order valence-electron chi connectivity index (χ1n) is 9.77. The first kappa shape index (κ1) is 22.0. The van der Waals surface area contributed by atoms with Gasteiger partial charge in [-0.2, -0.15) is 9.40 Å². The highest BCUT2D eigenvalue weighted by atomic mass is 32.2. The highest BCUT2D eigenvalue weighted by Gasteiger charge is 2.29. The van der Waals surface area contributed by atoms with Gasteiger partial charge < -0.3 is 5.73 Å². The van der Waals surface area contributed by atoms with Crippen LogP contribution in [0.2, 0.25) is 0 Å². The van der Waals surface area contributed by atoms with Gasteiger partial charge in [0.05, 0.1) is 35.1 Å². The van der Waals surface area contributed by atoms with Crippen molar-refractivity contribution in [1.82, 2.24) is 14.1 Å². The predicted molar refractivity (Wildman–Crippen MR) is 122 cm³/mol. The van der Waals surface area contributed by atoms with Crippen molar-refractivity contribution in [2.45, 2.75) is 11.3 Å². The molecule has 1 aromatic heterocycles. The Hall–Kier alpha value is -4.25. The number of azo groups is 1. The number of nitrogens with two attached hydrogens (primary N) is 1. The van der Waals surface area contributed by atoms with Crippen LogP contribution in [0.4, 0.5) is 0 Å². The maximum absolute atomic E-state index is 12.8. The van der Waals surface area contributed by atoms with Gasteiger partial charge in [0.15, 0.2) is 5.70 Å². The second-order valence-electron chi connectivity index (χ2n) is 7.05. The van der Waals surface area contributed by atoms with Crippen molar-refractivity contribution in [2.24, 2.45) is 16.0 Å². The van der Waals surface area contributed by atoms with Crippen LogP contribution in [0.1, 0.15) is 12.1 Å². The Morgan fingerprint density at radius 2 is 1.79 bits per heavy atom. The van der Waals surface area contributed by atoms with Crippen LogP contribution in [-0.2, 0) is 14.8 Å². The number of allylic oxidation sites excluding steroid dienone is 3.